The van der Waals surface area contributed by atoms with E-state index in [1.807, 2.05) is 0 Å². The summed E-state index contributed by atoms with van der Waals surface area (Å²) < 4.78 is 0. The molecule has 0 aromatic carbocycles. The van der Waals surface area contributed by atoms with E-state index in [-0.39, 0.29) is 23.3 Å². The molecule has 3 unspecified atom stereocenters. The summed E-state index contributed by atoms with van der Waals surface area (Å²) in [7, 11) is 0. The van der Waals surface area contributed by atoms with E-state index in [1.165, 1.54) is 0 Å². The summed E-state index contributed by atoms with van der Waals surface area (Å²) in [5.74, 6) is -0.679. The van der Waals surface area contributed by atoms with Crippen LogP contribution in [0.25, 0.3) is 0 Å². The van der Waals surface area contributed by atoms with Crippen LogP contribution in [0.4, 0.5) is 0 Å². The maximum absolute atomic E-state index is 10.5. The molecule has 0 bridgehead atoms. The average Bonchev–Trinajstić information content (AvgIpc) is 2.61. The van der Waals surface area contributed by atoms with Crippen LogP contribution in [0, 0.1) is 17.3 Å². The first kappa shape index (κ1) is 9.52. The van der Waals surface area contributed by atoms with Crippen LogP contribution in [0.1, 0.15) is 27.2 Å². The molecular weight excluding hydrogens is 154 g/mol. The monoisotopic (exact) mass is 171 g/mol. The summed E-state index contributed by atoms with van der Waals surface area (Å²) >= 11 is 0. The Morgan fingerprint density at radius 1 is 1.58 bits per heavy atom. The molecule has 3 N–H and O–H groups in total. The van der Waals surface area contributed by atoms with Gasteiger partial charge < -0.3 is 10.8 Å². The molecule has 0 aromatic heterocycles. The number of nitrogens with two attached hydrogens (primary N) is 1. The molecule has 0 spiro atoms. The molecule has 1 rings (SSSR count). The van der Waals surface area contributed by atoms with Crippen LogP contribution in [0.15, 0.2) is 0 Å². The Balaban J connectivity index is 2.49. The summed E-state index contributed by atoms with van der Waals surface area (Å²) in [6.07, 6.45) is 0.758. The normalized spacial score (nSPS) is 31.3. The third-order valence-electron chi connectivity index (χ3n) is 2.62. The van der Waals surface area contributed by atoms with E-state index in [9.17, 15) is 4.79 Å². The van der Waals surface area contributed by atoms with Crippen molar-refractivity contribution in [1.29, 1.82) is 0 Å². The van der Waals surface area contributed by atoms with Gasteiger partial charge in [0.2, 0.25) is 0 Å². The van der Waals surface area contributed by atoms with Crippen molar-refractivity contribution in [3.63, 3.8) is 0 Å². The largest absolute Gasteiger partial charge is 0.481 e. The van der Waals surface area contributed by atoms with Crippen LogP contribution < -0.4 is 5.73 Å². The predicted octanol–water partition coefficient (Wildman–Crippen LogP) is 1.08. The highest BCUT2D eigenvalue weighted by atomic mass is 16.4. The van der Waals surface area contributed by atoms with Gasteiger partial charge in [0.15, 0.2) is 0 Å². The number of carbonyl (C=O) groups is 1. The maximum Gasteiger partial charge on any atom is 0.306 e. The molecule has 0 aromatic rings. The second-order valence-electron chi connectivity index (χ2n) is 4.74. The Bertz CT molecular complexity index is 195. The minimum atomic E-state index is -0.695. The second kappa shape index (κ2) is 2.73. The van der Waals surface area contributed by atoms with Gasteiger partial charge in [0.25, 0.3) is 0 Å². The summed E-state index contributed by atoms with van der Waals surface area (Å²) in [4.78, 5) is 10.5. The van der Waals surface area contributed by atoms with Gasteiger partial charge in [-0.3, -0.25) is 4.79 Å². The Labute approximate surface area is 72.9 Å². The van der Waals surface area contributed by atoms with Gasteiger partial charge in [-0.15, -0.1) is 0 Å². The van der Waals surface area contributed by atoms with E-state index in [4.69, 9.17) is 10.8 Å². The number of carboxylic acids is 1. The SMILES string of the molecule is CC(C)(C)C(N)C1CC1C(=O)O. The minimum Gasteiger partial charge on any atom is -0.481 e. The standard InChI is InChI=1S/C9H17NO2/c1-9(2,3)7(10)5-4-6(5)8(11)12/h5-7H,4,10H2,1-3H3,(H,11,12). The molecule has 12 heavy (non-hydrogen) atoms. The molecule has 3 heteroatoms. The molecule has 1 aliphatic rings. The lowest BCUT2D eigenvalue weighted by Crippen LogP contribution is -2.38. The highest BCUT2D eigenvalue weighted by Gasteiger charge is 2.49. The third-order valence-corrected chi connectivity index (χ3v) is 2.62. The molecular formula is C9H17NO2. The fourth-order valence-electron chi connectivity index (χ4n) is 1.54. The van der Waals surface area contributed by atoms with E-state index >= 15 is 0 Å². The lowest BCUT2D eigenvalue weighted by Gasteiger charge is -2.27. The van der Waals surface area contributed by atoms with Crippen LogP contribution in [-0.4, -0.2) is 17.1 Å². The lowest BCUT2D eigenvalue weighted by molar-refractivity contribution is -0.139. The fraction of sp³-hybridized carbons (Fsp3) is 0.889. The summed E-state index contributed by atoms with van der Waals surface area (Å²) in [6.45, 7) is 6.15. The van der Waals surface area contributed by atoms with Crippen molar-refractivity contribution in [2.45, 2.75) is 33.2 Å². The molecule has 70 valence electrons. The van der Waals surface area contributed by atoms with Crippen LogP contribution in [0.3, 0.4) is 0 Å². The van der Waals surface area contributed by atoms with E-state index in [2.05, 4.69) is 20.8 Å². The first-order valence-electron chi connectivity index (χ1n) is 4.32. The minimum absolute atomic E-state index is 0.0126. The number of hydrogen-bond donors (Lipinski definition) is 2. The van der Waals surface area contributed by atoms with E-state index in [1.54, 1.807) is 0 Å². The molecule has 3 nitrogen and oxygen atoms in total. The molecule has 1 aliphatic carbocycles. The quantitative estimate of drug-likeness (QED) is 0.653. The number of aliphatic carboxylic acids is 1. The van der Waals surface area contributed by atoms with Crippen molar-refractivity contribution in [3.8, 4) is 0 Å². The van der Waals surface area contributed by atoms with Crippen LogP contribution in [0.5, 0.6) is 0 Å². The molecule has 3 atom stereocenters. The second-order valence-corrected chi connectivity index (χ2v) is 4.74. The molecule has 1 saturated carbocycles. The van der Waals surface area contributed by atoms with Gasteiger partial charge in [-0.25, -0.2) is 0 Å². The first-order chi connectivity index (χ1) is 5.34. The number of rotatable bonds is 2. The van der Waals surface area contributed by atoms with Crippen molar-refractivity contribution < 1.29 is 9.90 Å². The number of hydrogen-bond acceptors (Lipinski definition) is 2. The van der Waals surface area contributed by atoms with Gasteiger partial charge >= 0.3 is 5.97 Å². The Hall–Kier alpha value is -0.570. The van der Waals surface area contributed by atoms with Gasteiger partial charge in [-0.1, -0.05) is 20.8 Å². The van der Waals surface area contributed by atoms with Gasteiger partial charge in [0, 0.05) is 6.04 Å². The zero-order valence-corrected chi connectivity index (χ0v) is 7.87. The van der Waals surface area contributed by atoms with E-state index < -0.39 is 5.97 Å². The van der Waals surface area contributed by atoms with Gasteiger partial charge in [0.1, 0.15) is 0 Å². The average molecular weight is 171 g/mol. The smallest absolute Gasteiger partial charge is 0.306 e. The van der Waals surface area contributed by atoms with Crippen LogP contribution in [-0.2, 0) is 4.79 Å². The summed E-state index contributed by atoms with van der Waals surface area (Å²) in [5.41, 5.74) is 5.94. The van der Waals surface area contributed by atoms with E-state index in [0.717, 1.165) is 6.42 Å². The molecule has 0 heterocycles. The molecule has 0 saturated heterocycles. The molecule has 0 aliphatic heterocycles. The third kappa shape index (κ3) is 1.78. The fourth-order valence-corrected chi connectivity index (χ4v) is 1.54. The molecule has 1 fully saturated rings. The van der Waals surface area contributed by atoms with Crippen molar-refractivity contribution in [3.05, 3.63) is 0 Å². The van der Waals surface area contributed by atoms with Crippen molar-refractivity contribution >= 4 is 5.97 Å². The summed E-state index contributed by atoms with van der Waals surface area (Å²) in [6, 6.07) is 0.0126. The van der Waals surface area contributed by atoms with Crippen molar-refractivity contribution in [1.82, 2.24) is 0 Å². The van der Waals surface area contributed by atoms with Gasteiger partial charge in [0.05, 0.1) is 5.92 Å². The highest BCUT2D eigenvalue weighted by Crippen LogP contribution is 2.45. The highest BCUT2D eigenvalue weighted by molar-refractivity contribution is 5.73. The zero-order chi connectivity index (χ0) is 9.52. The predicted molar refractivity (Wildman–Crippen MR) is 46.7 cm³/mol. The topological polar surface area (TPSA) is 63.3 Å². The van der Waals surface area contributed by atoms with Crippen molar-refractivity contribution in [2.24, 2.45) is 23.0 Å². The lowest BCUT2D eigenvalue weighted by atomic mass is 9.84. The van der Waals surface area contributed by atoms with Crippen molar-refractivity contribution in [2.75, 3.05) is 0 Å². The van der Waals surface area contributed by atoms with E-state index in [0.29, 0.717) is 0 Å². The van der Waals surface area contributed by atoms with Gasteiger partial charge in [-0.05, 0) is 17.8 Å². The maximum atomic E-state index is 10.5. The zero-order valence-electron chi connectivity index (χ0n) is 7.87. The summed E-state index contributed by atoms with van der Waals surface area (Å²) in [5, 5.41) is 8.68. The molecule has 0 radical (unpaired) electrons. The van der Waals surface area contributed by atoms with Crippen LogP contribution in [0.2, 0.25) is 0 Å². The number of carboxylic acid groups (broad SMARTS) is 1. The Kier molecular flexibility index (Phi) is 2.17. The Morgan fingerprint density at radius 3 is 2.33 bits per heavy atom. The Morgan fingerprint density at radius 2 is 2.08 bits per heavy atom. The van der Waals surface area contributed by atoms with Gasteiger partial charge in [-0.2, -0.15) is 0 Å². The first-order valence-corrected chi connectivity index (χ1v) is 4.32. The molecule has 0 amide bonds. The van der Waals surface area contributed by atoms with Crippen LogP contribution >= 0.6 is 0 Å².